The van der Waals surface area contributed by atoms with Crippen molar-refractivity contribution in [3.05, 3.63) is 89.1 Å². The summed E-state index contributed by atoms with van der Waals surface area (Å²) in [6.45, 7) is 4.25. The van der Waals surface area contributed by atoms with E-state index in [-0.39, 0.29) is 5.97 Å². The second-order valence-electron chi connectivity index (χ2n) is 9.86. The van der Waals surface area contributed by atoms with Crippen LogP contribution in [0.15, 0.2) is 60.8 Å². The number of para-hydroxylation sites is 1. The fourth-order valence-corrected chi connectivity index (χ4v) is 5.61. The number of benzene rings is 2. The molecule has 0 aliphatic carbocycles. The van der Waals surface area contributed by atoms with Gasteiger partial charge in [0.05, 0.1) is 23.9 Å². The Morgan fingerprint density at radius 2 is 1.84 bits per heavy atom. The first-order valence-corrected chi connectivity index (χ1v) is 13.0. The van der Waals surface area contributed by atoms with E-state index >= 15 is 0 Å². The molecule has 0 bridgehead atoms. The summed E-state index contributed by atoms with van der Waals surface area (Å²) in [5.41, 5.74) is 6.50. The normalized spacial score (nSPS) is 16.5. The van der Waals surface area contributed by atoms with Crippen LogP contribution in [0.1, 0.15) is 51.9 Å². The Morgan fingerprint density at radius 3 is 2.65 bits per heavy atom. The summed E-state index contributed by atoms with van der Waals surface area (Å²) in [6.07, 6.45) is 4.95. The summed E-state index contributed by atoms with van der Waals surface area (Å²) < 4.78 is 5.28. The molecule has 0 amide bonds. The minimum Gasteiger partial charge on any atom is -0.465 e. The predicted octanol–water partition coefficient (Wildman–Crippen LogP) is 4.50. The lowest BCUT2D eigenvalue weighted by Crippen LogP contribution is -2.34. The highest BCUT2D eigenvalue weighted by Gasteiger charge is 2.28. The van der Waals surface area contributed by atoms with Gasteiger partial charge in [-0.25, -0.2) is 14.8 Å². The monoisotopic (exact) mass is 493 g/mol. The maximum atomic E-state index is 13.2. The number of ether oxygens (including phenoxy) is 1. The Bertz CT molecular complexity index is 1430. The van der Waals surface area contributed by atoms with E-state index in [4.69, 9.17) is 19.7 Å². The molecule has 0 radical (unpaired) electrons. The number of carbonyl (C=O) groups excluding carboxylic acids is 1. The number of rotatable bonds is 5. The Balaban J connectivity index is 1.29. The highest BCUT2D eigenvalue weighted by molar-refractivity contribution is 6.07. The molecular weight excluding hydrogens is 462 g/mol. The summed E-state index contributed by atoms with van der Waals surface area (Å²) in [5, 5.41) is 4.34. The van der Waals surface area contributed by atoms with Crippen LogP contribution < -0.4 is 5.32 Å². The third kappa shape index (κ3) is 4.72. The molecule has 2 aliphatic rings. The molecule has 6 rings (SSSR count). The SMILES string of the molecule is COC(=O)c1c(CN2CCC(c3ncc4c(n3)CCNC4)CC2)nc2ccccc2c1-c1ccccc1. The van der Waals surface area contributed by atoms with Gasteiger partial charge in [0.15, 0.2) is 0 Å². The van der Waals surface area contributed by atoms with Crippen molar-refractivity contribution in [2.75, 3.05) is 26.7 Å². The van der Waals surface area contributed by atoms with Crippen LogP contribution in [-0.4, -0.2) is 52.6 Å². The van der Waals surface area contributed by atoms with Crippen molar-refractivity contribution < 1.29 is 9.53 Å². The smallest absolute Gasteiger partial charge is 0.340 e. The number of carbonyl (C=O) groups is 1. The topological polar surface area (TPSA) is 80.2 Å². The van der Waals surface area contributed by atoms with Gasteiger partial charge in [-0.05, 0) is 37.6 Å². The van der Waals surface area contributed by atoms with Crippen LogP contribution in [0.2, 0.25) is 0 Å². The molecule has 37 heavy (non-hydrogen) atoms. The molecule has 0 atom stereocenters. The van der Waals surface area contributed by atoms with E-state index in [0.717, 1.165) is 79.0 Å². The van der Waals surface area contributed by atoms with E-state index in [0.29, 0.717) is 18.0 Å². The lowest BCUT2D eigenvalue weighted by Gasteiger charge is -2.32. The quantitative estimate of drug-likeness (QED) is 0.410. The zero-order chi connectivity index (χ0) is 25.2. The first-order chi connectivity index (χ1) is 18.2. The average molecular weight is 494 g/mol. The zero-order valence-corrected chi connectivity index (χ0v) is 21.1. The van der Waals surface area contributed by atoms with Gasteiger partial charge in [-0.1, -0.05) is 48.5 Å². The molecule has 4 aromatic rings. The molecule has 7 nitrogen and oxygen atoms in total. The van der Waals surface area contributed by atoms with Crippen molar-refractivity contribution in [3.63, 3.8) is 0 Å². The molecule has 0 saturated carbocycles. The average Bonchev–Trinajstić information content (AvgIpc) is 2.96. The molecule has 7 heteroatoms. The lowest BCUT2D eigenvalue weighted by atomic mass is 9.92. The number of piperidine rings is 1. The standard InChI is InChI=1S/C30H31N5O2/c1-37-30(36)28-26(33-25-10-6-5-9-23(25)27(28)20-7-3-2-4-8-20)19-35-15-12-21(13-16-35)29-32-18-22-17-31-14-11-24(22)34-29/h2-10,18,21,31H,11-17,19H2,1H3. The minimum atomic E-state index is -0.348. The molecular formula is C30H31N5O2. The van der Waals surface area contributed by atoms with Gasteiger partial charge in [-0.3, -0.25) is 9.88 Å². The first kappa shape index (κ1) is 23.7. The van der Waals surface area contributed by atoms with Crippen LogP contribution in [0, 0.1) is 0 Å². The van der Waals surface area contributed by atoms with Gasteiger partial charge in [-0.15, -0.1) is 0 Å². The maximum absolute atomic E-state index is 13.2. The molecule has 1 fully saturated rings. The van der Waals surface area contributed by atoms with Crippen LogP contribution in [0.4, 0.5) is 0 Å². The number of nitrogens with one attached hydrogen (secondary N) is 1. The number of fused-ring (bicyclic) bond motifs is 2. The summed E-state index contributed by atoms with van der Waals surface area (Å²) >= 11 is 0. The number of hydrogen-bond donors (Lipinski definition) is 1. The molecule has 2 aromatic carbocycles. The van der Waals surface area contributed by atoms with Crippen LogP contribution in [0.25, 0.3) is 22.0 Å². The number of pyridine rings is 1. The van der Waals surface area contributed by atoms with E-state index in [1.165, 1.54) is 18.4 Å². The van der Waals surface area contributed by atoms with Crippen LogP contribution in [0.3, 0.4) is 0 Å². The van der Waals surface area contributed by atoms with Crippen molar-refractivity contribution in [1.82, 2.24) is 25.2 Å². The van der Waals surface area contributed by atoms with Gasteiger partial charge >= 0.3 is 5.97 Å². The van der Waals surface area contributed by atoms with E-state index < -0.39 is 0 Å². The van der Waals surface area contributed by atoms with Gasteiger partial charge < -0.3 is 10.1 Å². The second-order valence-corrected chi connectivity index (χ2v) is 9.86. The third-order valence-electron chi connectivity index (χ3n) is 7.57. The first-order valence-electron chi connectivity index (χ1n) is 13.0. The number of likely N-dealkylation sites (tertiary alicyclic amines) is 1. The number of nitrogens with zero attached hydrogens (tertiary/aromatic N) is 4. The van der Waals surface area contributed by atoms with Gasteiger partial charge in [0.2, 0.25) is 0 Å². The van der Waals surface area contributed by atoms with Crippen LogP contribution in [-0.2, 0) is 24.2 Å². The molecule has 2 aliphatic heterocycles. The van der Waals surface area contributed by atoms with Crippen molar-refractivity contribution >= 4 is 16.9 Å². The molecule has 0 spiro atoms. The Labute approximate surface area is 216 Å². The molecule has 1 saturated heterocycles. The van der Waals surface area contributed by atoms with E-state index in [1.54, 1.807) is 0 Å². The Hall–Kier alpha value is -3.68. The molecule has 0 unspecified atom stereocenters. The summed E-state index contributed by atoms with van der Waals surface area (Å²) in [5.74, 6) is 0.991. The van der Waals surface area contributed by atoms with Gasteiger partial charge in [0.25, 0.3) is 0 Å². The number of hydrogen-bond acceptors (Lipinski definition) is 7. The van der Waals surface area contributed by atoms with Crippen LogP contribution >= 0.6 is 0 Å². The Morgan fingerprint density at radius 1 is 1.05 bits per heavy atom. The third-order valence-corrected chi connectivity index (χ3v) is 7.57. The van der Waals surface area contributed by atoms with Gasteiger partial charge in [0, 0.05) is 60.4 Å². The van der Waals surface area contributed by atoms with Crippen molar-refractivity contribution in [1.29, 1.82) is 0 Å². The fourth-order valence-electron chi connectivity index (χ4n) is 5.61. The van der Waals surface area contributed by atoms with Crippen LogP contribution in [0.5, 0.6) is 0 Å². The fraction of sp³-hybridized carbons (Fsp3) is 0.333. The highest BCUT2D eigenvalue weighted by atomic mass is 16.5. The van der Waals surface area contributed by atoms with Crippen molar-refractivity contribution in [3.8, 4) is 11.1 Å². The predicted molar refractivity (Wildman–Crippen MR) is 143 cm³/mol. The summed E-state index contributed by atoms with van der Waals surface area (Å²) in [6, 6.07) is 18.1. The minimum absolute atomic E-state index is 0.348. The number of aromatic nitrogens is 3. The molecule has 2 aromatic heterocycles. The van der Waals surface area contributed by atoms with Crippen molar-refractivity contribution in [2.24, 2.45) is 0 Å². The molecule has 4 heterocycles. The molecule has 188 valence electrons. The maximum Gasteiger partial charge on any atom is 0.340 e. The largest absolute Gasteiger partial charge is 0.465 e. The second kappa shape index (κ2) is 10.4. The number of methoxy groups -OCH3 is 1. The van der Waals surface area contributed by atoms with E-state index in [2.05, 4.69) is 10.2 Å². The van der Waals surface area contributed by atoms with E-state index in [1.807, 2.05) is 60.8 Å². The van der Waals surface area contributed by atoms with Gasteiger partial charge in [-0.2, -0.15) is 0 Å². The summed E-state index contributed by atoms with van der Waals surface area (Å²) in [4.78, 5) is 30.2. The lowest BCUT2D eigenvalue weighted by molar-refractivity contribution is 0.0598. The highest BCUT2D eigenvalue weighted by Crippen LogP contribution is 2.35. The van der Waals surface area contributed by atoms with Gasteiger partial charge in [0.1, 0.15) is 5.82 Å². The molecule has 1 N–H and O–H groups in total. The number of esters is 1. The van der Waals surface area contributed by atoms with Crippen molar-refractivity contribution in [2.45, 2.75) is 38.3 Å². The summed E-state index contributed by atoms with van der Waals surface area (Å²) in [7, 11) is 1.44. The van der Waals surface area contributed by atoms with E-state index in [9.17, 15) is 4.79 Å². The Kier molecular flexibility index (Phi) is 6.64. The zero-order valence-electron chi connectivity index (χ0n) is 21.1.